The van der Waals surface area contributed by atoms with Gasteiger partial charge >= 0.3 is 23.9 Å². The Morgan fingerprint density at radius 2 is 1.60 bits per heavy atom. The fourth-order valence-electron chi connectivity index (χ4n) is 2.20. The summed E-state index contributed by atoms with van der Waals surface area (Å²) in [5.74, 6) is -9.66. The second-order valence-corrected chi connectivity index (χ2v) is 4.73. The van der Waals surface area contributed by atoms with Gasteiger partial charge in [-0.25, -0.2) is 0 Å². The van der Waals surface area contributed by atoms with Gasteiger partial charge in [0, 0.05) is 0 Å². The van der Waals surface area contributed by atoms with Crippen LogP contribution in [0.1, 0.15) is 25.7 Å². The SMILES string of the molecule is COC(=O)C1CCC(O)(C(F)(F)C(=O)C(F)(F)F)CC1. The van der Waals surface area contributed by atoms with E-state index >= 15 is 0 Å². The Labute approximate surface area is 110 Å². The smallest absolute Gasteiger partial charge is 0.456 e. The number of aliphatic hydroxyl groups is 1. The van der Waals surface area contributed by atoms with Gasteiger partial charge in [0.25, 0.3) is 0 Å². The lowest BCUT2D eigenvalue weighted by Crippen LogP contribution is -2.58. The fourth-order valence-corrected chi connectivity index (χ4v) is 2.20. The molecule has 0 aromatic heterocycles. The van der Waals surface area contributed by atoms with E-state index in [0.717, 1.165) is 7.11 Å². The van der Waals surface area contributed by atoms with E-state index in [-0.39, 0.29) is 12.8 Å². The normalized spacial score (nSPS) is 28.1. The standard InChI is InChI=1S/C11H13F5O4/c1-20-7(17)6-2-4-9(19,5-3-6)10(12,13)8(18)11(14,15)16/h6,19H,2-5H2,1H3. The Morgan fingerprint density at radius 1 is 1.15 bits per heavy atom. The van der Waals surface area contributed by atoms with E-state index < -0.39 is 48.2 Å². The van der Waals surface area contributed by atoms with E-state index in [2.05, 4.69) is 4.74 Å². The Bertz CT molecular complexity index is 396. The maximum absolute atomic E-state index is 13.6. The van der Waals surface area contributed by atoms with E-state index in [1.54, 1.807) is 0 Å². The number of methoxy groups -OCH3 is 1. The number of halogens is 5. The van der Waals surface area contributed by atoms with Gasteiger partial charge in [-0.15, -0.1) is 0 Å². The number of hydrogen-bond donors (Lipinski definition) is 1. The van der Waals surface area contributed by atoms with E-state index in [1.165, 1.54) is 0 Å². The van der Waals surface area contributed by atoms with E-state index in [9.17, 15) is 36.6 Å². The van der Waals surface area contributed by atoms with Gasteiger partial charge in [0.05, 0.1) is 13.0 Å². The molecule has 116 valence electrons. The molecule has 0 unspecified atom stereocenters. The molecule has 0 spiro atoms. The van der Waals surface area contributed by atoms with Crippen LogP contribution >= 0.6 is 0 Å². The number of hydrogen-bond acceptors (Lipinski definition) is 4. The third-order valence-electron chi connectivity index (χ3n) is 3.47. The van der Waals surface area contributed by atoms with Crippen molar-refractivity contribution in [3.8, 4) is 0 Å². The highest BCUT2D eigenvalue weighted by molar-refractivity contribution is 5.91. The van der Waals surface area contributed by atoms with Gasteiger partial charge in [-0.2, -0.15) is 22.0 Å². The van der Waals surface area contributed by atoms with Crippen molar-refractivity contribution >= 4 is 11.8 Å². The van der Waals surface area contributed by atoms with Crippen molar-refractivity contribution in [3.63, 3.8) is 0 Å². The summed E-state index contributed by atoms with van der Waals surface area (Å²) in [4.78, 5) is 21.9. The first-order chi connectivity index (χ1) is 8.95. The quantitative estimate of drug-likeness (QED) is 0.638. The van der Waals surface area contributed by atoms with Crippen molar-refractivity contribution in [2.45, 2.75) is 43.4 Å². The highest BCUT2D eigenvalue weighted by Crippen LogP contribution is 2.45. The largest absolute Gasteiger partial charge is 0.469 e. The minimum absolute atomic E-state index is 0.274. The maximum atomic E-state index is 13.6. The van der Waals surface area contributed by atoms with Gasteiger partial charge in [-0.3, -0.25) is 9.59 Å². The third-order valence-corrected chi connectivity index (χ3v) is 3.47. The summed E-state index contributed by atoms with van der Waals surface area (Å²) in [6.45, 7) is 0. The average Bonchev–Trinajstić information content (AvgIpc) is 2.36. The van der Waals surface area contributed by atoms with Crippen molar-refractivity contribution in [1.29, 1.82) is 0 Å². The number of esters is 1. The molecule has 0 saturated heterocycles. The molecule has 1 saturated carbocycles. The van der Waals surface area contributed by atoms with Crippen LogP contribution in [-0.4, -0.2) is 41.7 Å². The molecule has 0 bridgehead atoms. The van der Waals surface area contributed by atoms with Crippen LogP contribution in [-0.2, 0) is 14.3 Å². The fraction of sp³-hybridized carbons (Fsp3) is 0.818. The van der Waals surface area contributed by atoms with Crippen LogP contribution in [0.3, 0.4) is 0 Å². The van der Waals surface area contributed by atoms with Crippen LogP contribution in [0.25, 0.3) is 0 Å². The molecule has 1 N–H and O–H groups in total. The summed E-state index contributed by atoms with van der Waals surface area (Å²) in [6.07, 6.45) is -7.87. The lowest BCUT2D eigenvalue weighted by molar-refractivity contribution is -0.234. The highest BCUT2D eigenvalue weighted by Gasteiger charge is 2.66. The third kappa shape index (κ3) is 2.92. The van der Waals surface area contributed by atoms with E-state index in [4.69, 9.17) is 0 Å². The van der Waals surface area contributed by atoms with Gasteiger partial charge < -0.3 is 9.84 Å². The molecule has 0 atom stereocenters. The summed E-state index contributed by atoms with van der Waals surface area (Å²) in [6, 6.07) is 0. The molecule has 0 aromatic carbocycles. The van der Waals surface area contributed by atoms with Gasteiger partial charge in [-0.05, 0) is 25.7 Å². The maximum Gasteiger partial charge on any atom is 0.456 e. The molecule has 9 heteroatoms. The van der Waals surface area contributed by atoms with Crippen molar-refractivity contribution < 1.29 is 41.4 Å². The average molecular weight is 304 g/mol. The number of ether oxygens (including phenoxy) is 1. The predicted octanol–water partition coefficient (Wildman–Crippen LogP) is 1.85. The zero-order chi connectivity index (χ0) is 15.8. The lowest BCUT2D eigenvalue weighted by atomic mass is 9.74. The van der Waals surface area contributed by atoms with Gasteiger partial charge in [0.2, 0.25) is 0 Å². The number of Topliss-reactive ketones (excluding diaryl/α,β-unsaturated/α-hetero) is 1. The molecule has 0 aliphatic heterocycles. The van der Waals surface area contributed by atoms with Crippen molar-refractivity contribution in [1.82, 2.24) is 0 Å². The first-order valence-corrected chi connectivity index (χ1v) is 5.75. The number of rotatable bonds is 3. The topological polar surface area (TPSA) is 63.6 Å². The molecule has 0 heterocycles. The Hall–Kier alpha value is -1.25. The highest BCUT2D eigenvalue weighted by atomic mass is 19.4. The number of carbonyl (C=O) groups excluding carboxylic acids is 2. The van der Waals surface area contributed by atoms with Crippen molar-refractivity contribution in [2.24, 2.45) is 5.92 Å². The molecule has 0 radical (unpaired) electrons. The van der Waals surface area contributed by atoms with Crippen LogP contribution in [0.5, 0.6) is 0 Å². The van der Waals surface area contributed by atoms with Crippen LogP contribution in [0, 0.1) is 5.92 Å². The van der Waals surface area contributed by atoms with Gasteiger partial charge in [0.1, 0.15) is 5.60 Å². The second kappa shape index (κ2) is 5.27. The van der Waals surface area contributed by atoms with E-state index in [0.29, 0.717) is 0 Å². The first-order valence-electron chi connectivity index (χ1n) is 5.75. The zero-order valence-electron chi connectivity index (χ0n) is 10.5. The predicted molar refractivity (Wildman–Crippen MR) is 54.9 cm³/mol. The Balaban J connectivity index is 2.87. The minimum Gasteiger partial charge on any atom is -0.469 e. The Kier molecular flexibility index (Phi) is 4.42. The first kappa shape index (κ1) is 16.8. The van der Waals surface area contributed by atoms with Crippen LogP contribution in [0.4, 0.5) is 22.0 Å². The Morgan fingerprint density at radius 3 is 1.95 bits per heavy atom. The van der Waals surface area contributed by atoms with Crippen molar-refractivity contribution in [3.05, 3.63) is 0 Å². The van der Waals surface area contributed by atoms with Crippen LogP contribution in [0.2, 0.25) is 0 Å². The van der Waals surface area contributed by atoms with Crippen LogP contribution in [0.15, 0.2) is 0 Å². The number of carbonyl (C=O) groups is 2. The summed E-state index contributed by atoms with van der Waals surface area (Å²) >= 11 is 0. The molecule has 0 amide bonds. The number of ketones is 1. The zero-order valence-corrected chi connectivity index (χ0v) is 10.5. The second-order valence-electron chi connectivity index (χ2n) is 4.73. The molecule has 4 nitrogen and oxygen atoms in total. The molecule has 0 aromatic rings. The van der Waals surface area contributed by atoms with Crippen LogP contribution < -0.4 is 0 Å². The summed E-state index contributed by atoms with van der Waals surface area (Å²) in [5.41, 5.74) is -3.09. The molecule has 1 aliphatic rings. The van der Waals surface area contributed by atoms with Gasteiger partial charge in [-0.1, -0.05) is 0 Å². The lowest BCUT2D eigenvalue weighted by Gasteiger charge is -2.39. The molecule has 20 heavy (non-hydrogen) atoms. The molecular weight excluding hydrogens is 291 g/mol. The summed E-state index contributed by atoms with van der Waals surface area (Å²) in [5, 5.41) is 9.68. The van der Waals surface area contributed by atoms with Crippen molar-refractivity contribution in [2.75, 3.05) is 7.11 Å². The van der Waals surface area contributed by atoms with Gasteiger partial charge in [0.15, 0.2) is 0 Å². The number of alkyl halides is 5. The molecule has 1 rings (SSSR count). The molecule has 1 aliphatic carbocycles. The molecular formula is C11H13F5O4. The monoisotopic (exact) mass is 304 g/mol. The minimum atomic E-state index is -5.74. The van der Waals surface area contributed by atoms with E-state index in [1.807, 2.05) is 0 Å². The molecule has 1 fully saturated rings. The summed E-state index contributed by atoms with van der Waals surface area (Å²) < 4.78 is 67.8. The summed E-state index contributed by atoms with van der Waals surface area (Å²) in [7, 11) is 1.09.